The number of thiazole rings is 1. The van der Waals surface area contributed by atoms with Crippen LogP contribution in [-0.4, -0.2) is 33.1 Å². The Labute approximate surface area is 161 Å². The van der Waals surface area contributed by atoms with Gasteiger partial charge in [0.1, 0.15) is 0 Å². The molecule has 3 aromatic rings. The average molecular weight is 383 g/mol. The molecule has 2 amide bonds. The molecular formula is C19H21N5O2S. The van der Waals surface area contributed by atoms with Gasteiger partial charge in [0.2, 0.25) is 11.8 Å². The number of rotatable bonds is 4. The van der Waals surface area contributed by atoms with Gasteiger partial charge < -0.3 is 5.32 Å². The van der Waals surface area contributed by atoms with E-state index in [9.17, 15) is 9.59 Å². The maximum atomic E-state index is 12.5. The van der Waals surface area contributed by atoms with Crippen LogP contribution in [0.2, 0.25) is 0 Å². The Kier molecular flexibility index (Phi) is 4.43. The maximum Gasteiger partial charge on any atom is 0.229 e. The van der Waals surface area contributed by atoms with Gasteiger partial charge >= 0.3 is 0 Å². The van der Waals surface area contributed by atoms with Gasteiger partial charge in [-0.1, -0.05) is 17.4 Å². The minimum atomic E-state index is -0.358. The Morgan fingerprint density at radius 2 is 2.19 bits per heavy atom. The zero-order chi connectivity index (χ0) is 19.1. The van der Waals surface area contributed by atoms with Gasteiger partial charge in [0, 0.05) is 38.3 Å². The number of amides is 2. The second-order valence-electron chi connectivity index (χ2n) is 7.00. The molecule has 1 atom stereocenters. The van der Waals surface area contributed by atoms with E-state index in [-0.39, 0.29) is 24.2 Å². The summed E-state index contributed by atoms with van der Waals surface area (Å²) < 4.78 is 2.78. The smallest absolute Gasteiger partial charge is 0.229 e. The number of carbonyl (C=O) groups excluding carboxylic acids is 2. The molecular weight excluding hydrogens is 362 g/mol. The molecule has 8 heteroatoms. The summed E-state index contributed by atoms with van der Waals surface area (Å²) in [7, 11) is 1.85. The first-order valence-corrected chi connectivity index (χ1v) is 9.67. The van der Waals surface area contributed by atoms with Crippen LogP contribution in [0, 0.1) is 19.8 Å². The fourth-order valence-electron chi connectivity index (χ4n) is 3.35. The molecule has 2 aromatic heterocycles. The van der Waals surface area contributed by atoms with Crippen LogP contribution in [0.25, 0.3) is 10.2 Å². The first kappa shape index (κ1) is 17.7. The fourth-order valence-corrected chi connectivity index (χ4v) is 4.44. The van der Waals surface area contributed by atoms with Crippen molar-refractivity contribution in [1.29, 1.82) is 0 Å². The molecule has 0 bridgehead atoms. The molecule has 1 N–H and O–H groups in total. The number of fused-ring (bicyclic) bond motifs is 1. The lowest BCUT2D eigenvalue weighted by molar-refractivity contribution is -0.126. The molecule has 1 aromatic carbocycles. The van der Waals surface area contributed by atoms with Crippen LogP contribution in [0.4, 0.5) is 5.13 Å². The molecule has 3 heterocycles. The summed E-state index contributed by atoms with van der Waals surface area (Å²) in [5.41, 5.74) is 3.92. The van der Waals surface area contributed by atoms with Gasteiger partial charge in [-0.05, 0) is 31.5 Å². The topological polar surface area (TPSA) is 80.1 Å². The lowest BCUT2D eigenvalue weighted by Crippen LogP contribution is -2.32. The van der Waals surface area contributed by atoms with Crippen molar-refractivity contribution >= 4 is 38.5 Å². The van der Waals surface area contributed by atoms with Gasteiger partial charge in [0.05, 0.1) is 21.8 Å². The van der Waals surface area contributed by atoms with E-state index >= 15 is 0 Å². The van der Waals surface area contributed by atoms with Gasteiger partial charge in [0.15, 0.2) is 5.13 Å². The highest BCUT2D eigenvalue weighted by molar-refractivity contribution is 7.22. The number of hydrogen-bond acceptors (Lipinski definition) is 5. The zero-order valence-electron chi connectivity index (χ0n) is 15.5. The Bertz CT molecular complexity index is 1040. The van der Waals surface area contributed by atoms with Crippen molar-refractivity contribution in [2.24, 2.45) is 13.0 Å². The SMILES string of the molecule is Cc1ccc2nc(N3CC(C(=O)NCc4cn(C)nc4C)CC3=O)sc2c1. The maximum absolute atomic E-state index is 12.5. The number of nitrogens with one attached hydrogen (secondary N) is 1. The highest BCUT2D eigenvalue weighted by atomic mass is 32.1. The van der Waals surface area contributed by atoms with E-state index in [0.29, 0.717) is 18.2 Å². The second kappa shape index (κ2) is 6.77. The van der Waals surface area contributed by atoms with Crippen LogP contribution < -0.4 is 10.2 Å². The Hall–Kier alpha value is -2.74. The van der Waals surface area contributed by atoms with Crippen LogP contribution in [0.5, 0.6) is 0 Å². The van der Waals surface area contributed by atoms with Crippen molar-refractivity contribution in [3.8, 4) is 0 Å². The lowest BCUT2D eigenvalue weighted by Gasteiger charge is -2.13. The molecule has 1 aliphatic rings. The zero-order valence-corrected chi connectivity index (χ0v) is 16.3. The van der Waals surface area contributed by atoms with Gasteiger partial charge in [-0.15, -0.1) is 0 Å². The molecule has 0 radical (unpaired) electrons. The summed E-state index contributed by atoms with van der Waals surface area (Å²) in [4.78, 5) is 31.2. The predicted molar refractivity (Wildman–Crippen MR) is 105 cm³/mol. The standard InChI is InChI=1S/C19H21N5O2S/c1-11-4-5-15-16(6-11)27-19(21-15)24-10-13(7-17(24)25)18(26)20-8-14-9-23(3)22-12(14)2/h4-6,9,13H,7-8,10H2,1-3H3,(H,20,26). The summed E-state index contributed by atoms with van der Waals surface area (Å²) in [6.45, 7) is 4.74. The Morgan fingerprint density at radius 1 is 1.37 bits per heavy atom. The van der Waals surface area contributed by atoms with Gasteiger partial charge in [-0.3, -0.25) is 19.2 Å². The number of aromatic nitrogens is 3. The minimum Gasteiger partial charge on any atom is -0.352 e. The number of carbonyl (C=O) groups is 2. The first-order chi connectivity index (χ1) is 12.9. The molecule has 1 aliphatic heterocycles. The third kappa shape index (κ3) is 3.44. The summed E-state index contributed by atoms with van der Waals surface area (Å²) in [5.74, 6) is -0.516. The number of nitrogens with zero attached hydrogens (tertiary/aromatic N) is 4. The second-order valence-corrected chi connectivity index (χ2v) is 8.01. The third-order valence-electron chi connectivity index (χ3n) is 4.83. The molecule has 0 aliphatic carbocycles. The van der Waals surface area contributed by atoms with Crippen LogP contribution in [0.15, 0.2) is 24.4 Å². The van der Waals surface area contributed by atoms with E-state index in [1.807, 2.05) is 39.2 Å². The van der Waals surface area contributed by atoms with Crippen molar-refractivity contribution < 1.29 is 9.59 Å². The van der Waals surface area contributed by atoms with Gasteiger partial charge in [-0.25, -0.2) is 4.98 Å². The summed E-state index contributed by atoms with van der Waals surface area (Å²) in [6.07, 6.45) is 2.11. The van der Waals surface area contributed by atoms with E-state index in [0.717, 1.165) is 27.0 Å². The highest BCUT2D eigenvalue weighted by Gasteiger charge is 2.36. The quantitative estimate of drug-likeness (QED) is 0.750. The predicted octanol–water partition coefficient (Wildman–Crippen LogP) is 2.32. The van der Waals surface area contributed by atoms with Crippen molar-refractivity contribution in [3.05, 3.63) is 41.2 Å². The monoisotopic (exact) mass is 383 g/mol. The minimum absolute atomic E-state index is 0.0523. The van der Waals surface area contributed by atoms with Crippen LogP contribution >= 0.6 is 11.3 Å². The third-order valence-corrected chi connectivity index (χ3v) is 5.87. The Balaban J connectivity index is 1.44. The van der Waals surface area contributed by atoms with E-state index in [4.69, 9.17) is 0 Å². The number of hydrogen-bond donors (Lipinski definition) is 1. The summed E-state index contributed by atoms with van der Waals surface area (Å²) in [6, 6.07) is 6.04. The van der Waals surface area contributed by atoms with Crippen molar-refractivity contribution in [1.82, 2.24) is 20.1 Å². The van der Waals surface area contributed by atoms with Crippen LogP contribution in [-0.2, 0) is 23.2 Å². The van der Waals surface area contributed by atoms with Crippen LogP contribution in [0.1, 0.15) is 23.2 Å². The van der Waals surface area contributed by atoms with E-state index in [2.05, 4.69) is 21.5 Å². The van der Waals surface area contributed by atoms with Gasteiger partial charge in [-0.2, -0.15) is 5.10 Å². The molecule has 4 rings (SSSR count). The molecule has 0 spiro atoms. The normalized spacial score (nSPS) is 17.1. The largest absolute Gasteiger partial charge is 0.352 e. The summed E-state index contributed by atoms with van der Waals surface area (Å²) in [5, 5.41) is 7.87. The molecule has 1 unspecified atom stereocenters. The number of aryl methyl sites for hydroxylation is 3. The summed E-state index contributed by atoms with van der Waals surface area (Å²) >= 11 is 1.49. The van der Waals surface area contributed by atoms with Gasteiger partial charge in [0.25, 0.3) is 0 Å². The van der Waals surface area contributed by atoms with Crippen molar-refractivity contribution in [3.63, 3.8) is 0 Å². The van der Waals surface area contributed by atoms with E-state index in [1.165, 1.54) is 11.3 Å². The fraction of sp³-hybridized carbons (Fsp3) is 0.368. The first-order valence-electron chi connectivity index (χ1n) is 8.85. The number of benzene rings is 1. The van der Waals surface area contributed by atoms with Crippen molar-refractivity contribution in [2.75, 3.05) is 11.4 Å². The molecule has 140 valence electrons. The van der Waals surface area contributed by atoms with Crippen molar-refractivity contribution in [2.45, 2.75) is 26.8 Å². The molecule has 0 saturated carbocycles. The highest BCUT2D eigenvalue weighted by Crippen LogP contribution is 2.33. The van der Waals surface area contributed by atoms with E-state index < -0.39 is 0 Å². The molecule has 7 nitrogen and oxygen atoms in total. The average Bonchev–Trinajstić information content (AvgIpc) is 3.28. The lowest BCUT2D eigenvalue weighted by atomic mass is 10.1. The molecule has 1 saturated heterocycles. The Morgan fingerprint density at radius 3 is 2.93 bits per heavy atom. The molecule has 1 fully saturated rings. The van der Waals surface area contributed by atoms with Crippen LogP contribution in [0.3, 0.4) is 0 Å². The number of anilines is 1. The molecule has 27 heavy (non-hydrogen) atoms. The van der Waals surface area contributed by atoms with E-state index in [1.54, 1.807) is 9.58 Å².